The molecule has 0 saturated carbocycles. The number of phenolic OH excluding ortho intramolecular Hbond substituents is 1. The summed E-state index contributed by atoms with van der Waals surface area (Å²) in [5.74, 6) is -0.216. The molecule has 4 amide bonds. The Morgan fingerprint density at radius 3 is 2.55 bits per heavy atom. The van der Waals surface area contributed by atoms with Crippen molar-refractivity contribution in [3.8, 4) is 5.75 Å². The van der Waals surface area contributed by atoms with Crippen molar-refractivity contribution in [1.29, 1.82) is 0 Å². The van der Waals surface area contributed by atoms with Crippen molar-refractivity contribution in [3.05, 3.63) is 95.6 Å². The van der Waals surface area contributed by atoms with Crippen LogP contribution in [-0.4, -0.2) is 107 Å². The number of rotatable bonds is 9. The minimum Gasteiger partial charge on any atom is -0.508 e. The van der Waals surface area contributed by atoms with E-state index in [0.717, 1.165) is 48.3 Å². The molecule has 0 aromatic heterocycles. The van der Waals surface area contributed by atoms with Crippen LogP contribution in [0.2, 0.25) is 0 Å². The van der Waals surface area contributed by atoms with Gasteiger partial charge in [-0.15, -0.1) is 0 Å². The van der Waals surface area contributed by atoms with Gasteiger partial charge in [0.05, 0.1) is 26.3 Å². The van der Waals surface area contributed by atoms with Crippen LogP contribution in [0.1, 0.15) is 44.7 Å². The molecule has 3 saturated heterocycles. The Balaban J connectivity index is 0.00000230. The highest BCUT2D eigenvalue weighted by Gasteiger charge is 2.51. The Bertz CT molecular complexity index is 1530. The van der Waals surface area contributed by atoms with E-state index in [9.17, 15) is 19.5 Å². The molecule has 1 unspecified atom stereocenters. The molecule has 1 aliphatic carbocycles. The number of carbonyl (C=O) groups is 3. The molecule has 3 aliphatic heterocycles. The summed E-state index contributed by atoms with van der Waals surface area (Å²) in [5, 5.41) is 16.4. The maximum absolute atomic E-state index is 14.3. The van der Waals surface area contributed by atoms with Crippen molar-refractivity contribution in [2.75, 3.05) is 57.4 Å². The lowest BCUT2D eigenvalue weighted by Crippen LogP contribution is -2.76. The Labute approximate surface area is 290 Å². The van der Waals surface area contributed by atoms with E-state index in [1.54, 1.807) is 39.1 Å². The SMILES string of the molecule is CC.CCCN1CC(=O)N2C(CN(Cc3cccc(N4CCOCC4)c3)C(=O)[C@@H]2Cc2ccc(O)cc2)N1C(=O)NCC1=CC=CCC=C1. The summed E-state index contributed by atoms with van der Waals surface area (Å²) in [7, 11) is 0. The molecule has 2 aromatic carbocycles. The molecular weight excluding hydrogens is 620 g/mol. The number of fused-ring (bicyclic) bond motifs is 1. The molecule has 3 fully saturated rings. The number of amides is 4. The molecule has 2 aromatic rings. The molecule has 0 bridgehead atoms. The van der Waals surface area contributed by atoms with Gasteiger partial charge in [0.2, 0.25) is 11.8 Å². The van der Waals surface area contributed by atoms with Gasteiger partial charge in [-0.2, -0.15) is 0 Å². The van der Waals surface area contributed by atoms with E-state index in [-0.39, 0.29) is 43.1 Å². The van der Waals surface area contributed by atoms with E-state index in [0.29, 0.717) is 32.8 Å². The number of urea groups is 1. The molecule has 2 N–H and O–H groups in total. The van der Waals surface area contributed by atoms with Crippen molar-refractivity contribution in [3.63, 3.8) is 0 Å². The second-order valence-electron chi connectivity index (χ2n) is 12.4. The number of phenols is 1. The molecule has 262 valence electrons. The molecule has 0 radical (unpaired) electrons. The van der Waals surface area contributed by atoms with Gasteiger partial charge in [0.15, 0.2) is 0 Å². The van der Waals surface area contributed by atoms with Crippen LogP contribution < -0.4 is 10.2 Å². The number of hydrogen-bond acceptors (Lipinski definition) is 7. The quantitative estimate of drug-likeness (QED) is 0.406. The number of hydrazine groups is 1. The van der Waals surface area contributed by atoms with E-state index in [1.165, 1.54) is 0 Å². The highest BCUT2D eigenvalue weighted by Crippen LogP contribution is 2.30. The molecule has 0 spiro atoms. The first-order valence-corrected chi connectivity index (χ1v) is 17.5. The maximum Gasteiger partial charge on any atom is 0.334 e. The summed E-state index contributed by atoms with van der Waals surface area (Å²) in [4.78, 5) is 48.0. The number of aromatic hydroxyl groups is 1. The largest absolute Gasteiger partial charge is 0.508 e. The molecular formula is C38H50N6O5. The third kappa shape index (κ3) is 8.71. The summed E-state index contributed by atoms with van der Waals surface area (Å²) < 4.78 is 5.53. The number of carbonyl (C=O) groups excluding carboxylic acids is 3. The molecule has 4 aliphatic rings. The average molecular weight is 671 g/mol. The minimum atomic E-state index is -0.815. The van der Waals surface area contributed by atoms with Crippen LogP contribution in [0.4, 0.5) is 10.5 Å². The third-order valence-electron chi connectivity index (χ3n) is 9.04. The van der Waals surface area contributed by atoms with E-state index < -0.39 is 12.2 Å². The normalized spacial score (nSPS) is 21.1. The molecule has 11 nitrogen and oxygen atoms in total. The monoisotopic (exact) mass is 670 g/mol. The van der Waals surface area contributed by atoms with E-state index in [1.807, 2.05) is 56.1 Å². The fourth-order valence-corrected chi connectivity index (χ4v) is 6.74. The second-order valence-corrected chi connectivity index (χ2v) is 12.4. The number of nitrogens with zero attached hydrogens (tertiary/aromatic N) is 5. The van der Waals surface area contributed by atoms with Crippen molar-refractivity contribution in [2.24, 2.45) is 0 Å². The van der Waals surface area contributed by atoms with Gasteiger partial charge in [-0.3, -0.25) is 9.59 Å². The Morgan fingerprint density at radius 2 is 1.80 bits per heavy atom. The van der Waals surface area contributed by atoms with Crippen LogP contribution in [0.25, 0.3) is 0 Å². The first kappa shape index (κ1) is 35.7. The van der Waals surface area contributed by atoms with Crippen LogP contribution in [0.3, 0.4) is 0 Å². The number of hydrogen-bond donors (Lipinski definition) is 2. The fraction of sp³-hybridized carbons (Fsp3) is 0.447. The number of nitrogens with one attached hydrogen (secondary N) is 1. The lowest BCUT2D eigenvalue weighted by Gasteiger charge is -2.55. The van der Waals surface area contributed by atoms with E-state index in [2.05, 4.69) is 34.5 Å². The van der Waals surface area contributed by atoms with Crippen LogP contribution in [0, 0.1) is 0 Å². The molecule has 3 heterocycles. The smallest absolute Gasteiger partial charge is 0.334 e. The number of ether oxygens (including phenoxy) is 1. The predicted molar refractivity (Wildman–Crippen MR) is 191 cm³/mol. The van der Waals surface area contributed by atoms with Gasteiger partial charge in [-0.1, -0.05) is 75.4 Å². The lowest BCUT2D eigenvalue weighted by atomic mass is 9.98. The van der Waals surface area contributed by atoms with Crippen LogP contribution >= 0.6 is 0 Å². The van der Waals surface area contributed by atoms with Crippen LogP contribution in [0.15, 0.2) is 84.5 Å². The summed E-state index contributed by atoms with van der Waals surface area (Å²) >= 11 is 0. The first-order valence-electron chi connectivity index (χ1n) is 17.5. The Kier molecular flexibility index (Phi) is 12.5. The van der Waals surface area contributed by atoms with Crippen LogP contribution in [0.5, 0.6) is 5.75 Å². The number of anilines is 1. The van der Waals surface area contributed by atoms with Crippen molar-refractivity contribution in [1.82, 2.24) is 25.1 Å². The zero-order chi connectivity index (χ0) is 34.8. The zero-order valence-electron chi connectivity index (χ0n) is 29.0. The third-order valence-corrected chi connectivity index (χ3v) is 9.04. The van der Waals surface area contributed by atoms with Crippen LogP contribution in [-0.2, 0) is 27.3 Å². The molecule has 49 heavy (non-hydrogen) atoms. The minimum absolute atomic E-state index is 0.00402. The fourth-order valence-electron chi connectivity index (χ4n) is 6.74. The number of allylic oxidation sites excluding steroid dienone is 4. The zero-order valence-corrected chi connectivity index (χ0v) is 29.0. The first-order chi connectivity index (χ1) is 23.9. The summed E-state index contributed by atoms with van der Waals surface area (Å²) in [6.07, 6.45) is 11.2. The second kappa shape index (κ2) is 17.2. The molecule has 11 heteroatoms. The molecule has 2 atom stereocenters. The Morgan fingerprint density at radius 1 is 1.02 bits per heavy atom. The maximum atomic E-state index is 14.3. The van der Waals surface area contributed by atoms with Gasteiger partial charge in [0.25, 0.3) is 0 Å². The average Bonchev–Trinajstić information content (AvgIpc) is 3.40. The molecule has 6 rings (SSSR count). The lowest BCUT2D eigenvalue weighted by molar-refractivity contribution is -0.190. The summed E-state index contributed by atoms with van der Waals surface area (Å²) in [6.45, 7) is 10.4. The van der Waals surface area contributed by atoms with E-state index >= 15 is 0 Å². The highest BCUT2D eigenvalue weighted by molar-refractivity contribution is 5.91. The number of morpholine rings is 1. The standard InChI is InChI=1S/C36H44N6O5.C2H6/c1-2-16-40-26-34(44)41-32(22-27-12-14-31(43)15-13-27)35(45)39(24-29-10-7-11-30(21-29)38-17-19-47-20-18-38)25-33(41)42(40)36(46)37-23-28-8-5-3-4-6-9-28;1-2/h3,5-15,21,32-33,43H,2,4,16-20,22-26H2,1H3,(H,37,46);1-2H3/t32-,33?;/m0./s1. The predicted octanol–water partition coefficient (Wildman–Crippen LogP) is 4.46. The van der Waals surface area contributed by atoms with Gasteiger partial charge in [-0.25, -0.2) is 14.8 Å². The van der Waals surface area contributed by atoms with Gasteiger partial charge in [-0.05, 0) is 53.8 Å². The topological polar surface area (TPSA) is 109 Å². The van der Waals surface area contributed by atoms with Crippen molar-refractivity contribution < 1.29 is 24.2 Å². The van der Waals surface area contributed by atoms with Crippen molar-refractivity contribution >= 4 is 23.5 Å². The van der Waals surface area contributed by atoms with Gasteiger partial charge < -0.3 is 29.9 Å². The number of piperazine rings is 1. The van der Waals surface area contributed by atoms with Gasteiger partial charge in [0.1, 0.15) is 18.0 Å². The Hall–Kier alpha value is -4.61. The summed E-state index contributed by atoms with van der Waals surface area (Å²) in [5.41, 5.74) is 3.85. The van der Waals surface area contributed by atoms with E-state index in [4.69, 9.17) is 4.74 Å². The number of benzene rings is 2. The van der Waals surface area contributed by atoms with Gasteiger partial charge >= 0.3 is 6.03 Å². The summed E-state index contributed by atoms with van der Waals surface area (Å²) in [6, 6.07) is 13.8. The van der Waals surface area contributed by atoms with Crippen molar-refractivity contribution in [2.45, 2.75) is 58.8 Å². The highest BCUT2D eigenvalue weighted by atomic mass is 16.5. The van der Waals surface area contributed by atoms with Gasteiger partial charge in [0, 0.05) is 44.8 Å².